The molecule has 1 aliphatic carbocycles. The number of methoxy groups -OCH3 is 1. The summed E-state index contributed by atoms with van der Waals surface area (Å²) in [4.78, 5) is 0. The Hall–Kier alpha value is -1.74. The largest absolute Gasteiger partial charge is 0.497 e. The molecule has 3 heteroatoms. The van der Waals surface area contributed by atoms with Crippen molar-refractivity contribution in [2.75, 3.05) is 20.3 Å². The van der Waals surface area contributed by atoms with Gasteiger partial charge in [-0.05, 0) is 47.6 Å². The first-order valence-corrected chi connectivity index (χ1v) is 7.87. The summed E-state index contributed by atoms with van der Waals surface area (Å²) < 4.78 is 16.1. The highest BCUT2D eigenvalue weighted by Gasteiger charge is 2.30. The Labute approximate surface area is 132 Å². The van der Waals surface area contributed by atoms with Crippen LogP contribution in [-0.4, -0.2) is 26.4 Å². The first-order valence-electron chi connectivity index (χ1n) is 7.87. The Balaban J connectivity index is 1.66. The maximum atomic E-state index is 5.71. The molecule has 1 aliphatic heterocycles. The fourth-order valence-corrected chi connectivity index (χ4v) is 2.84. The third kappa shape index (κ3) is 3.36. The van der Waals surface area contributed by atoms with Gasteiger partial charge in [0, 0.05) is 0 Å². The molecule has 0 bridgehead atoms. The highest BCUT2D eigenvalue weighted by Crippen LogP contribution is 2.37. The van der Waals surface area contributed by atoms with E-state index in [9.17, 15) is 0 Å². The molecule has 3 nitrogen and oxygen atoms in total. The molecule has 1 aromatic carbocycles. The molecule has 0 N–H and O–H groups in total. The maximum Gasteiger partial charge on any atom is 0.119 e. The molecule has 0 spiro atoms. The second kappa shape index (κ2) is 6.17. The lowest BCUT2D eigenvalue weighted by atomic mass is 9.71. The van der Waals surface area contributed by atoms with E-state index in [4.69, 9.17) is 14.2 Å². The van der Waals surface area contributed by atoms with Crippen LogP contribution in [0.25, 0.3) is 0 Å². The quantitative estimate of drug-likeness (QED) is 0.748. The van der Waals surface area contributed by atoms with Crippen molar-refractivity contribution in [3.05, 3.63) is 53.8 Å². The molecular formula is C19H24O3. The van der Waals surface area contributed by atoms with Crippen molar-refractivity contribution < 1.29 is 14.2 Å². The van der Waals surface area contributed by atoms with Crippen LogP contribution in [0.5, 0.6) is 5.75 Å². The van der Waals surface area contributed by atoms with Crippen molar-refractivity contribution in [1.82, 2.24) is 0 Å². The molecular weight excluding hydrogens is 276 g/mol. The number of epoxide rings is 1. The number of hydrogen-bond donors (Lipinski definition) is 0. The summed E-state index contributed by atoms with van der Waals surface area (Å²) in [7, 11) is 1.72. The predicted octanol–water partition coefficient (Wildman–Crippen LogP) is 3.85. The molecule has 1 fully saturated rings. The highest BCUT2D eigenvalue weighted by molar-refractivity contribution is 5.34. The van der Waals surface area contributed by atoms with E-state index >= 15 is 0 Å². The first kappa shape index (κ1) is 15.2. The Morgan fingerprint density at radius 3 is 2.50 bits per heavy atom. The molecule has 2 unspecified atom stereocenters. The number of allylic oxidation sites excluding steroid dienone is 3. The molecule has 1 heterocycles. The average molecular weight is 300 g/mol. The summed E-state index contributed by atoms with van der Waals surface area (Å²) >= 11 is 0. The summed E-state index contributed by atoms with van der Waals surface area (Å²) in [6, 6.07) is 8.46. The lowest BCUT2D eigenvalue weighted by molar-refractivity contribution is 0.262. The van der Waals surface area contributed by atoms with Gasteiger partial charge < -0.3 is 14.2 Å². The fraction of sp³-hybridized carbons (Fsp3) is 0.474. The summed E-state index contributed by atoms with van der Waals surface area (Å²) in [5, 5.41) is 0. The van der Waals surface area contributed by atoms with E-state index in [1.54, 1.807) is 7.11 Å². The number of ether oxygens (including phenoxy) is 3. The number of rotatable bonds is 6. The Kier molecular flexibility index (Phi) is 4.25. The van der Waals surface area contributed by atoms with Gasteiger partial charge >= 0.3 is 0 Å². The molecule has 1 aromatic rings. The summed E-state index contributed by atoms with van der Waals surface area (Å²) in [6.07, 6.45) is 7.80. The standard InChI is InChI=1S/C19H24O3/c1-19(2,14-4-8-16(20-3)9-5-14)15-6-10-17(11-7-15)21-12-18-13-22-18/h4,6-11,14,18H,5,12-13H2,1-3H3. The summed E-state index contributed by atoms with van der Waals surface area (Å²) in [5.41, 5.74) is 1.40. The van der Waals surface area contributed by atoms with Crippen LogP contribution < -0.4 is 4.74 Å². The first-order chi connectivity index (χ1) is 10.6. The number of benzene rings is 1. The third-order valence-corrected chi connectivity index (χ3v) is 4.67. The van der Waals surface area contributed by atoms with Gasteiger partial charge in [-0.25, -0.2) is 0 Å². The molecule has 2 aliphatic rings. The third-order valence-electron chi connectivity index (χ3n) is 4.67. The predicted molar refractivity (Wildman–Crippen MR) is 87.0 cm³/mol. The van der Waals surface area contributed by atoms with Crippen LogP contribution in [0.1, 0.15) is 25.8 Å². The molecule has 2 atom stereocenters. The van der Waals surface area contributed by atoms with Gasteiger partial charge in [0.15, 0.2) is 0 Å². The van der Waals surface area contributed by atoms with Crippen LogP contribution in [0.3, 0.4) is 0 Å². The van der Waals surface area contributed by atoms with E-state index in [2.05, 4.69) is 56.3 Å². The minimum atomic E-state index is 0.0738. The van der Waals surface area contributed by atoms with E-state index in [0.717, 1.165) is 24.5 Å². The van der Waals surface area contributed by atoms with Crippen LogP contribution >= 0.6 is 0 Å². The molecule has 0 aromatic heterocycles. The van der Waals surface area contributed by atoms with E-state index in [1.807, 2.05) is 0 Å². The lowest BCUT2D eigenvalue weighted by Gasteiger charge is -2.34. The van der Waals surface area contributed by atoms with Gasteiger partial charge in [0.2, 0.25) is 0 Å². The molecule has 3 rings (SSSR count). The smallest absolute Gasteiger partial charge is 0.119 e. The Morgan fingerprint density at radius 2 is 1.95 bits per heavy atom. The molecule has 0 saturated carbocycles. The van der Waals surface area contributed by atoms with Crippen molar-refractivity contribution in [1.29, 1.82) is 0 Å². The van der Waals surface area contributed by atoms with Gasteiger partial charge in [0.05, 0.1) is 13.7 Å². The monoisotopic (exact) mass is 300 g/mol. The summed E-state index contributed by atoms with van der Waals surface area (Å²) in [6.45, 7) is 6.07. The lowest BCUT2D eigenvalue weighted by Crippen LogP contribution is -2.28. The zero-order chi connectivity index (χ0) is 15.6. The Bertz CT molecular complexity index is 565. The molecule has 0 amide bonds. The van der Waals surface area contributed by atoms with Gasteiger partial charge in [0.1, 0.15) is 24.2 Å². The SMILES string of the molecule is COC1=CCC(C(C)(C)c2ccc(OCC3CO3)cc2)C=C1. The normalized spacial score (nSPS) is 23.9. The topological polar surface area (TPSA) is 31.0 Å². The van der Waals surface area contributed by atoms with Gasteiger partial charge in [-0.2, -0.15) is 0 Å². The summed E-state index contributed by atoms with van der Waals surface area (Å²) in [5.74, 6) is 2.34. The molecule has 0 radical (unpaired) electrons. The molecule has 22 heavy (non-hydrogen) atoms. The highest BCUT2D eigenvalue weighted by atomic mass is 16.6. The van der Waals surface area contributed by atoms with Crippen LogP contribution in [0.2, 0.25) is 0 Å². The Morgan fingerprint density at radius 1 is 1.23 bits per heavy atom. The fourth-order valence-electron chi connectivity index (χ4n) is 2.84. The van der Waals surface area contributed by atoms with E-state index in [-0.39, 0.29) is 5.41 Å². The van der Waals surface area contributed by atoms with Gasteiger partial charge in [-0.3, -0.25) is 0 Å². The van der Waals surface area contributed by atoms with Crippen molar-refractivity contribution in [2.24, 2.45) is 5.92 Å². The van der Waals surface area contributed by atoms with Crippen molar-refractivity contribution in [2.45, 2.75) is 31.8 Å². The average Bonchev–Trinajstić information content (AvgIpc) is 3.38. The van der Waals surface area contributed by atoms with E-state index in [1.165, 1.54) is 5.56 Å². The minimum Gasteiger partial charge on any atom is -0.497 e. The van der Waals surface area contributed by atoms with Gasteiger partial charge in [-0.15, -0.1) is 0 Å². The zero-order valence-corrected chi connectivity index (χ0v) is 13.5. The maximum absolute atomic E-state index is 5.71. The molecule has 118 valence electrons. The molecule has 1 saturated heterocycles. The van der Waals surface area contributed by atoms with Crippen molar-refractivity contribution in [3.63, 3.8) is 0 Å². The second-order valence-electron chi connectivity index (χ2n) is 6.52. The second-order valence-corrected chi connectivity index (χ2v) is 6.52. The zero-order valence-electron chi connectivity index (χ0n) is 13.5. The van der Waals surface area contributed by atoms with Crippen LogP contribution in [0.4, 0.5) is 0 Å². The van der Waals surface area contributed by atoms with Crippen LogP contribution in [0.15, 0.2) is 48.3 Å². The van der Waals surface area contributed by atoms with E-state index in [0.29, 0.717) is 18.6 Å². The van der Waals surface area contributed by atoms with Crippen molar-refractivity contribution in [3.8, 4) is 5.75 Å². The van der Waals surface area contributed by atoms with Gasteiger partial charge in [-0.1, -0.05) is 32.1 Å². The minimum absolute atomic E-state index is 0.0738. The number of hydrogen-bond acceptors (Lipinski definition) is 3. The van der Waals surface area contributed by atoms with Crippen LogP contribution in [0, 0.1) is 5.92 Å². The van der Waals surface area contributed by atoms with Crippen molar-refractivity contribution >= 4 is 0 Å². The van der Waals surface area contributed by atoms with Crippen LogP contribution in [-0.2, 0) is 14.9 Å². The van der Waals surface area contributed by atoms with Gasteiger partial charge in [0.25, 0.3) is 0 Å². The van der Waals surface area contributed by atoms with E-state index < -0.39 is 0 Å².